The topological polar surface area (TPSA) is 110 Å². The van der Waals surface area contributed by atoms with E-state index >= 15 is 0 Å². The van der Waals surface area contributed by atoms with E-state index in [1.54, 1.807) is 6.08 Å². The van der Waals surface area contributed by atoms with Gasteiger partial charge in [0.25, 0.3) is 21.6 Å². The molecule has 3 aromatic carbocycles. The molecule has 0 radical (unpaired) electrons. The van der Waals surface area contributed by atoms with E-state index in [1.165, 1.54) is 18.2 Å². The number of thioether (sulfide) groups is 1. The van der Waals surface area contributed by atoms with Gasteiger partial charge >= 0.3 is 0 Å². The Morgan fingerprint density at radius 1 is 0.914 bits per heavy atom. The van der Waals surface area contributed by atoms with Crippen LogP contribution in [0.1, 0.15) is 16.7 Å². The highest BCUT2D eigenvalue weighted by Gasteiger charge is 2.35. The Kier molecular flexibility index (Phi) is 7.22. The largest absolute Gasteiger partial charge is 0.281 e. The normalized spacial score (nSPS) is 15.3. The second kappa shape index (κ2) is 10.3. The van der Waals surface area contributed by atoms with Crippen LogP contribution in [0.15, 0.2) is 88.7 Å². The Labute approximate surface area is 211 Å². The number of hydrazine groups is 1. The molecular formula is C24H17N3O5S3. The van der Waals surface area contributed by atoms with Crippen LogP contribution in [0.2, 0.25) is 0 Å². The first kappa shape index (κ1) is 24.5. The number of non-ortho nitro benzene ring substituents is 1. The summed E-state index contributed by atoms with van der Waals surface area (Å²) in [5, 5.41) is 11.7. The average Bonchev–Trinajstić information content (AvgIpc) is 3.11. The minimum Gasteiger partial charge on any atom is -0.267 e. The molecule has 1 aliphatic rings. The SMILES string of the molecule is O=C1/C(=C/c2ccc(/C=C/c3ccccc3)cc2)SC(=S)N1NS(=O)(=O)c1cccc([N+](=O)[O-])c1. The Morgan fingerprint density at radius 3 is 2.20 bits per heavy atom. The molecule has 4 rings (SSSR count). The van der Waals surface area contributed by atoms with Crippen molar-refractivity contribution in [2.45, 2.75) is 4.90 Å². The molecule has 0 unspecified atom stereocenters. The molecule has 0 aromatic heterocycles. The van der Waals surface area contributed by atoms with Crippen LogP contribution in [0, 0.1) is 10.1 Å². The Morgan fingerprint density at radius 2 is 1.54 bits per heavy atom. The van der Waals surface area contributed by atoms with Gasteiger partial charge in [-0.1, -0.05) is 96.8 Å². The number of carbonyl (C=O) groups is 1. The third kappa shape index (κ3) is 5.89. The van der Waals surface area contributed by atoms with Gasteiger partial charge in [0.05, 0.1) is 14.7 Å². The summed E-state index contributed by atoms with van der Waals surface area (Å²) in [6.07, 6.45) is 5.58. The Balaban J connectivity index is 1.48. The number of sulfonamides is 1. The average molecular weight is 524 g/mol. The van der Waals surface area contributed by atoms with Crippen LogP contribution in [0.25, 0.3) is 18.2 Å². The van der Waals surface area contributed by atoms with E-state index in [1.807, 2.05) is 66.7 Å². The molecule has 1 saturated heterocycles. The lowest BCUT2D eigenvalue weighted by Gasteiger charge is -2.15. The number of nitrogens with one attached hydrogen (secondary N) is 1. The third-order valence-corrected chi connectivity index (χ3v) is 7.45. The van der Waals surface area contributed by atoms with E-state index in [2.05, 4.69) is 4.83 Å². The number of nitrogens with zero attached hydrogens (tertiary/aromatic N) is 2. The second-order valence-electron chi connectivity index (χ2n) is 7.28. The van der Waals surface area contributed by atoms with Crippen LogP contribution in [0.3, 0.4) is 0 Å². The predicted molar refractivity (Wildman–Crippen MR) is 140 cm³/mol. The van der Waals surface area contributed by atoms with Crippen LogP contribution >= 0.6 is 24.0 Å². The van der Waals surface area contributed by atoms with Gasteiger partial charge in [0.15, 0.2) is 4.32 Å². The lowest BCUT2D eigenvalue weighted by atomic mass is 10.1. The van der Waals surface area contributed by atoms with E-state index < -0.39 is 20.9 Å². The van der Waals surface area contributed by atoms with E-state index in [-0.39, 0.29) is 19.8 Å². The van der Waals surface area contributed by atoms with Crippen molar-refractivity contribution in [3.05, 3.63) is 111 Å². The number of benzene rings is 3. The molecule has 35 heavy (non-hydrogen) atoms. The molecule has 8 nitrogen and oxygen atoms in total. The number of rotatable bonds is 7. The molecular weight excluding hydrogens is 506 g/mol. The van der Waals surface area contributed by atoms with Crippen LogP contribution in [0.5, 0.6) is 0 Å². The number of hydrogen-bond donors (Lipinski definition) is 1. The zero-order valence-corrected chi connectivity index (χ0v) is 20.3. The molecule has 0 spiro atoms. The highest BCUT2D eigenvalue weighted by molar-refractivity contribution is 8.26. The summed E-state index contributed by atoms with van der Waals surface area (Å²) >= 11 is 6.13. The molecule has 176 valence electrons. The number of nitro groups is 1. The zero-order valence-electron chi connectivity index (χ0n) is 17.9. The van der Waals surface area contributed by atoms with Gasteiger partial charge in [-0.25, -0.2) is 13.4 Å². The minimum atomic E-state index is -4.28. The summed E-state index contributed by atoms with van der Waals surface area (Å²) in [7, 11) is -4.28. The maximum atomic E-state index is 12.8. The molecule has 0 bridgehead atoms. The molecule has 0 aliphatic carbocycles. The number of thiocarbonyl (C=S) groups is 1. The molecule has 3 aromatic rings. The van der Waals surface area contributed by atoms with E-state index in [0.29, 0.717) is 0 Å². The van der Waals surface area contributed by atoms with Crippen LogP contribution in [-0.2, 0) is 14.8 Å². The van der Waals surface area contributed by atoms with Gasteiger partial charge in [0.2, 0.25) is 0 Å². The fourth-order valence-electron chi connectivity index (χ4n) is 3.09. The van der Waals surface area contributed by atoms with Crippen LogP contribution < -0.4 is 4.83 Å². The molecule has 0 saturated carbocycles. The number of carbonyl (C=O) groups excluding carboxylic acids is 1. The first-order chi connectivity index (χ1) is 16.7. The highest BCUT2D eigenvalue weighted by Crippen LogP contribution is 2.32. The Hall–Kier alpha value is -3.64. The third-order valence-electron chi connectivity index (χ3n) is 4.85. The molecule has 1 aliphatic heterocycles. The lowest BCUT2D eigenvalue weighted by Crippen LogP contribution is -2.44. The molecule has 0 atom stereocenters. The highest BCUT2D eigenvalue weighted by atomic mass is 32.2. The van der Waals surface area contributed by atoms with Crippen molar-refractivity contribution in [1.29, 1.82) is 0 Å². The van der Waals surface area contributed by atoms with Gasteiger partial charge in [0.1, 0.15) is 0 Å². The predicted octanol–water partition coefficient (Wildman–Crippen LogP) is 4.86. The second-order valence-corrected chi connectivity index (χ2v) is 10.6. The quantitative estimate of drug-likeness (QED) is 0.155. The van der Waals surface area contributed by atoms with Crippen molar-refractivity contribution in [2.24, 2.45) is 0 Å². The number of nitro benzene ring substituents is 1. The first-order valence-corrected chi connectivity index (χ1v) is 12.8. The van der Waals surface area contributed by atoms with Gasteiger partial charge in [-0.15, -0.1) is 4.83 Å². The summed E-state index contributed by atoms with van der Waals surface area (Å²) in [4.78, 5) is 25.1. The van der Waals surface area contributed by atoms with E-state index in [0.717, 1.165) is 39.5 Å². The lowest BCUT2D eigenvalue weighted by molar-refractivity contribution is -0.385. The van der Waals surface area contributed by atoms with Crippen molar-refractivity contribution in [2.75, 3.05) is 0 Å². The van der Waals surface area contributed by atoms with Gasteiger partial charge in [-0.05, 0) is 28.8 Å². The van der Waals surface area contributed by atoms with Gasteiger partial charge in [-0.2, -0.15) is 0 Å². The van der Waals surface area contributed by atoms with Crippen molar-refractivity contribution in [3.63, 3.8) is 0 Å². The fraction of sp³-hybridized carbons (Fsp3) is 0. The fourth-order valence-corrected chi connectivity index (χ4v) is 5.44. The maximum absolute atomic E-state index is 12.8. The molecule has 1 heterocycles. The summed E-state index contributed by atoms with van der Waals surface area (Å²) in [5.41, 5.74) is 2.40. The number of amides is 1. The summed E-state index contributed by atoms with van der Waals surface area (Å²) in [6.45, 7) is 0. The molecule has 1 fully saturated rings. The summed E-state index contributed by atoms with van der Waals surface area (Å²) < 4.78 is 25.4. The van der Waals surface area contributed by atoms with Crippen LogP contribution in [0.4, 0.5) is 5.69 Å². The summed E-state index contributed by atoms with van der Waals surface area (Å²) in [5.74, 6) is -0.637. The first-order valence-electron chi connectivity index (χ1n) is 10.1. The molecule has 11 heteroatoms. The number of hydrogen-bond acceptors (Lipinski definition) is 7. The van der Waals surface area contributed by atoms with Gasteiger partial charge in [-0.3, -0.25) is 14.9 Å². The van der Waals surface area contributed by atoms with E-state index in [9.17, 15) is 23.3 Å². The van der Waals surface area contributed by atoms with Crippen molar-refractivity contribution in [1.82, 2.24) is 9.84 Å². The minimum absolute atomic E-state index is 0.00216. The Bertz CT molecular complexity index is 1470. The standard InChI is InChI=1S/C24H17N3O5S3/c28-23-22(15-19-13-11-18(12-14-19)10-9-17-5-2-1-3-6-17)34-24(33)26(23)25-35(31,32)21-8-4-7-20(16-21)27(29)30/h1-16,25H/b10-9+,22-15-. The smallest absolute Gasteiger partial charge is 0.267 e. The monoisotopic (exact) mass is 523 g/mol. The van der Waals surface area contributed by atoms with Crippen molar-refractivity contribution >= 4 is 68.1 Å². The molecule has 1 amide bonds. The molecule has 1 N–H and O–H groups in total. The zero-order chi connectivity index (χ0) is 25.0. The van der Waals surface area contributed by atoms with Gasteiger partial charge < -0.3 is 0 Å². The summed E-state index contributed by atoms with van der Waals surface area (Å²) in [6, 6.07) is 21.9. The van der Waals surface area contributed by atoms with Crippen molar-refractivity contribution in [3.8, 4) is 0 Å². The maximum Gasteiger partial charge on any atom is 0.281 e. The van der Waals surface area contributed by atoms with Crippen LogP contribution in [-0.4, -0.2) is 28.6 Å². The van der Waals surface area contributed by atoms with Gasteiger partial charge in [0, 0.05) is 12.1 Å². The van der Waals surface area contributed by atoms with Crippen molar-refractivity contribution < 1.29 is 18.1 Å². The van der Waals surface area contributed by atoms with E-state index in [4.69, 9.17) is 12.2 Å².